The number of ether oxygens (including phenoxy) is 1. The number of hydrogen-bond donors (Lipinski definition) is 0. The molecule has 0 unspecified atom stereocenters. The third kappa shape index (κ3) is 7.53. The number of para-hydroxylation sites is 2. The Morgan fingerprint density at radius 2 is 1.25 bits per heavy atom. The molecule has 0 radical (unpaired) electrons. The van der Waals surface area contributed by atoms with E-state index in [9.17, 15) is 0 Å². The predicted molar refractivity (Wildman–Crippen MR) is 227 cm³/mol. The first-order valence-corrected chi connectivity index (χ1v) is 18.2. The van der Waals surface area contributed by atoms with Gasteiger partial charge in [0.05, 0.1) is 5.52 Å². The van der Waals surface area contributed by atoms with Crippen LogP contribution in [0.2, 0.25) is 0 Å². The van der Waals surface area contributed by atoms with Gasteiger partial charge in [-0.25, -0.2) is 11.1 Å². The predicted octanol–water partition coefficient (Wildman–Crippen LogP) is 13.0. The maximum absolute atomic E-state index is 6.28. The quantitative estimate of drug-likeness (QED) is 0.0822. The molecule has 7 aromatic carbocycles. The molecule has 0 saturated carbocycles. The number of aryl methyl sites for hydroxylation is 1. The van der Waals surface area contributed by atoms with E-state index in [1.54, 1.807) is 0 Å². The van der Waals surface area contributed by atoms with Gasteiger partial charge in [0, 0.05) is 22.8 Å². The van der Waals surface area contributed by atoms with Crippen molar-refractivity contribution < 1.29 is 35.9 Å². The molecule has 0 aliphatic heterocycles. The van der Waals surface area contributed by atoms with E-state index in [0.29, 0.717) is 5.76 Å². The third-order valence-corrected chi connectivity index (χ3v) is 9.87. The number of hydrogen-bond acceptors (Lipinski definition) is 3. The van der Waals surface area contributed by atoms with Gasteiger partial charge in [-0.05, 0) is 112 Å². The first-order valence-electron chi connectivity index (χ1n) is 18.2. The van der Waals surface area contributed by atoms with E-state index in [1.165, 1.54) is 11.1 Å². The number of nitrogens with zero attached hydrogens (tertiary/aromatic N) is 3. The smallest absolute Gasteiger partial charge is 0.457 e. The summed E-state index contributed by atoms with van der Waals surface area (Å²) < 4.78 is 8.49. The van der Waals surface area contributed by atoms with E-state index in [0.717, 1.165) is 78.0 Å². The maximum atomic E-state index is 6.28. The average molecular weight is 944 g/mol. The number of pyridine rings is 1. The fraction of sp³-hybridized carbons (Fsp3) is 0.0196. The van der Waals surface area contributed by atoms with Crippen molar-refractivity contribution in [3.05, 3.63) is 211 Å². The summed E-state index contributed by atoms with van der Waals surface area (Å²) in [5.74, 6) is 2.18. The number of aliphatic imine (C=N–C) groups is 1. The summed E-state index contributed by atoms with van der Waals surface area (Å²) in [6.07, 6.45) is 5.20. The minimum absolute atomic E-state index is 0. The third-order valence-electron chi connectivity index (χ3n) is 9.87. The van der Waals surface area contributed by atoms with Crippen LogP contribution in [0.25, 0.3) is 66.8 Å². The largest absolute Gasteiger partial charge is 2.00 e. The van der Waals surface area contributed by atoms with Crippen molar-refractivity contribution in [3.8, 4) is 44.9 Å². The summed E-state index contributed by atoms with van der Waals surface area (Å²) in [4.78, 5) is 9.67. The second kappa shape index (κ2) is 16.2. The van der Waals surface area contributed by atoms with Gasteiger partial charge in [-0.3, -0.25) is 4.57 Å². The molecule has 0 aliphatic rings. The summed E-state index contributed by atoms with van der Waals surface area (Å²) in [5, 5.41) is 2.10. The van der Waals surface area contributed by atoms with Crippen molar-refractivity contribution in [2.45, 2.75) is 6.92 Å². The molecule has 264 valence electrons. The summed E-state index contributed by atoms with van der Waals surface area (Å²) >= 11 is 0. The van der Waals surface area contributed by atoms with E-state index >= 15 is 0 Å². The summed E-state index contributed by atoms with van der Waals surface area (Å²) in [6, 6.07) is 63.5. The zero-order chi connectivity index (χ0) is 37.1. The Bertz CT molecular complexity index is 2790. The number of fused-ring (bicyclic) bond motifs is 3. The van der Waals surface area contributed by atoms with E-state index < -0.39 is 0 Å². The molecular weight excluding hydrogens is 909 g/mol. The van der Waals surface area contributed by atoms with Gasteiger partial charge >= 0.3 is 31.1 Å². The van der Waals surface area contributed by atoms with Crippen molar-refractivity contribution in [1.29, 1.82) is 0 Å². The molecule has 0 bridgehead atoms. The number of rotatable bonds is 9. The Labute approximate surface area is 350 Å². The second-order valence-corrected chi connectivity index (χ2v) is 13.5. The maximum Gasteiger partial charge on any atom is 2.00 e. The SMILES string of the molecule is C=C(Oc1ccccc1C)c1ccc2c(c1)c1cc([C-]=Nc3[c-]cccc3)ccc1n2-c1ccc(-c2cc(-c3ccccc3)cc(-c3ccccc3)c2)cn1.[U+2]. The fourth-order valence-electron chi connectivity index (χ4n) is 7.03. The molecule has 0 amide bonds. The molecule has 0 N–H and O–H groups in total. The molecule has 9 rings (SSSR count). The molecule has 0 fully saturated rings. The van der Waals surface area contributed by atoms with Crippen LogP contribution in [0.3, 0.4) is 0 Å². The fourth-order valence-corrected chi connectivity index (χ4v) is 7.03. The molecule has 0 spiro atoms. The van der Waals surface area contributed by atoms with Gasteiger partial charge in [0.15, 0.2) is 0 Å². The van der Waals surface area contributed by atoms with E-state index in [4.69, 9.17) is 9.72 Å². The van der Waals surface area contributed by atoms with Gasteiger partial charge in [-0.2, -0.15) is 24.3 Å². The van der Waals surface area contributed by atoms with Gasteiger partial charge in [-0.1, -0.05) is 91.5 Å². The summed E-state index contributed by atoms with van der Waals surface area (Å²) in [5.41, 5.74) is 12.4. The molecule has 9 aromatic rings. The van der Waals surface area contributed by atoms with Crippen molar-refractivity contribution in [2.75, 3.05) is 0 Å². The van der Waals surface area contributed by atoms with Crippen LogP contribution in [-0.4, -0.2) is 15.8 Å². The molecule has 2 aromatic heterocycles. The van der Waals surface area contributed by atoms with Crippen LogP contribution in [0.15, 0.2) is 194 Å². The molecule has 0 saturated heterocycles. The van der Waals surface area contributed by atoms with Crippen LogP contribution in [0.5, 0.6) is 5.75 Å². The zero-order valence-electron chi connectivity index (χ0n) is 30.8. The molecule has 0 aliphatic carbocycles. The van der Waals surface area contributed by atoms with Gasteiger partial charge in [-0.15, -0.1) is 23.4 Å². The van der Waals surface area contributed by atoms with Crippen LogP contribution in [-0.2, 0) is 0 Å². The average Bonchev–Trinajstić information content (AvgIpc) is 3.57. The summed E-state index contributed by atoms with van der Waals surface area (Å²) in [6.45, 7) is 6.35. The molecule has 56 heavy (non-hydrogen) atoms. The van der Waals surface area contributed by atoms with E-state index in [1.807, 2.05) is 67.7 Å². The number of benzene rings is 7. The van der Waals surface area contributed by atoms with Gasteiger partial charge in [0.2, 0.25) is 0 Å². The Hall–Kier alpha value is -6.25. The number of aromatic nitrogens is 2. The van der Waals surface area contributed by atoms with Crippen LogP contribution in [0.4, 0.5) is 5.69 Å². The molecule has 5 heteroatoms. The van der Waals surface area contributed by atoms with Crippen molar-refractivity contribution in [2.24, 2.45) is 4.99 Å². The molecule has 4 nitrogen and oxygen atoms in total. The topological polar surface area (TPSA) is 39.4 Å². The van der Waals surface area contributed by atoms with Crippen molar-refractivity contribution in [1.82, 2.24) is 9.55 Å². The van der Waals surface area contributed by atoms with Crippen LogP contribution < -0.4 is 4.74 Å². The monoisotopic (exact) mass is 943 g/mol. The Kier molecular flexibility index (Phi) is 10.6. The second-order valence-electron chi connectivity index (χ2n) is 13.5. The Balaban J connectivity index is 0.00000441. The van der Waals surface area contributed by atoms with Gasteiger partial charge in [0.25, 0.3) is 0 Å². The summed E-state index contributed by atoms with van der Waals surface area (Å²) in [7, 11) is 0. The Morgan fingerprint density at radius 3 is 1.89 bits per heavy atom. The molecule has 2 heterocycles. The van der Waals surface area contributed by atoms with Crippen LogP contribution >= 0.6 is 0 Å². The van der Waals surface area contributed by atoms with Crippen molar-refractivity contribution in [3.63, 3.8) is 0 Å². The standard InChI is InChI=1S/C51H35N3O.U/c1-35-14-12-13-21-50(35)55-36(2)40-23-26-49-47(32-40)46-28-37(33-52-45-19-10-5-11-20-45)22-25-48(46)54(49)51-27-24-41(34-53-51)44-30-42(38-15-6-3-7-16-38)29-43(31-44)39-17-8-4-9-18-39;/h3-19,21-32,34H,2H2,1H3;/q-2;+2. The van der Waals surface area contributed by atoms with Crippen molar-refractivity contribution >= 4 is 39.5 Å². The molecular formula is C51H35N3OU. The van der Waals surface area contributed by atoms with E-state index in [2.05, 4.69) is 150 Å². The minimum atomic E-state index is 0. The van der Waals surface area contributed by atoms with Gasteiger partial charge in [0.1, 0.15) is 17.3 Å². The van der Waals surface area contributed by atoms with Gasteiger partial charge < -0.3 is 9.73 Å². The first-order chi connectivity index (χ1) is 27.1. The van der Waals surface area contributed by atoms with Crippen LogP contribution in [0, 0.1) is 44.1 Å². The first kappa shape index (κ1) is 36.7. The minimum Gasteiger partial charge on any atom is -0.457 e. The zero-order valence-corrected chi connectivity index (χ0v) is 34.9. The normalized spacial score (nSPS) is 11.2. The molecule has 0 atom stereocenters. The Morgan fingerprint density at radius 1 is 0.625 bits per heavy atom. The van der Waals surface area contributed by atoms with Crippen LogP contribution in [0.1, 0.15) is 16.7 Å². The van der Waals surface area contributed by atoms with E-state index in [-0.39, 0.29) is 31.1 Å².